The van der Waals surface area contributed by atoms with Crippen LogP contribution < -0.4 is 5.32 Å². The van der Waals surface area contributed by atoms with Gasteiger partial charge in [-0.25, -0.2) is 0 Å². The second kappa shape index (κ2) is 12.0. The van der Waals surface area contributed by atoms with Gasteiger partial charge in [-0.1, -0.05) is 72.4 Å². The van der Waals surface area contributed by atoms with Crippen molar-refractivity contribution in [3.05, 3.63) is 67.6 Å². The Bertz CT molecular complexity index is 916. The minimum atomic E-state index is -0.655. The number of carbonyl (C=O) groups excluding carboxylic acids is 2. The normalized spacial score (nSPS) is 12.9. The summed E-state index contributed by atoms with van der Waals surface area (Å²) in [7, 11) is 0. The van der Waals surface area contributed by atoms with Crippen molar-refractivity contribution in [1.82, 2.24) is 10.2 Å². The first kappa shape index (κ1) is 25.8. The Morgan fingerprint density at radius 3 is 2.13 bits per heavy atom. The fraction of sp³-hybridized carbons (Fsp3) is 0.391. The van der Waals surface area contributed by atoms with Crippen LogP contribution in [0.4, 0.5) is 0 Å². The smallest absolute Gasteiger partial charge is 0.243 e. The van der Waals surface area contributed by atoms with Gasteiger partial charge in [0, 0.05) is 22.6 Å². The van der Waals surface area contributed by atoms with Gasteiger partial charge in [0.2, 0.25) is 11.8 Å². The van der Waals surface area contributed by atoms with Crippen molar-refractivity contribution in [3.63, 3.8) is 0 Å². The lowest BCUT2D eigenvalue weighted by Gasteiger charge is -2.32. The molecule has 4 nitrogen and oxygen atoms in total. The Kier molecular flexibility index (Phi) is 9.95. The topological polar surface area (TPSA) is 49.4 Å². The molecule has 0 unspecified atom stereocenters. The summed E-state index contributed by atoms with van der Waals surface area (Å²) in [6.07, 6.45) is 1.22. The third-order valence-corrected chi connectivity index (χ3v) is 6.56. The van der Waals surface area contributed by atoms with Crippen LogP contribution in [-0.4, -0.2) is 28.8 Å². The van der Waals surface area contributed by atoms with Crippen molar-refractivity contribution < 1.29 is 9.59 Å². The van der Waals surface area contributed by atoms with E-state index in [-0.39, 0.29) is 30.8 Å². The van der Waals surface area contributed by atoms with E-state index < -0.39 is 6.04 Å². The molecule has 0 saturated heterocycles. The number of hydrogen-bond donors (Lipinski definition) is 1. The molecule has 168 valence electrons. The molecule has 0 radical (unpaired) electrons. The van der Waals surface area contributed by atoms with Crippen LogP contribution in [0.3, 0.4) is 0 Å². The van der Waals surface area contributed by atoms with Gasteiger partial charge in [-0.05, 0) is 55.2 Å². The molecule has 0 aliphatic heterocycles. The highest BCUT2D eigenvalue weighted by atomic mass is 35.5. The van der Waals surface area contributed by atoms with Crippen LogP contribution in [0.15, 0.2) is 36.4 Å². The number of nitrogens with one attached hydrogen (secondary N) is 1. The average molecular weight is 504 g/mol. The van der Waals surface area contributed by atoms with E-state index in [0.717, 1.165) is 12.0 Å². The number of rotatable bonds is 9. The lowest BCUT2D eigenvalue weighted by atomic mass is 10.1. The maximum atomic E-state index is 13.4. The quantitative estimate of drug-likeness (QED) is 0.421. The summed E-state index contributed by atoms with van der Waals surface area (Å²) in [5.41, 5.74) is 1.30. The van der Waals surface area contributed by atoms with Gasteiger partial charge < -0.3 is 10.2 Å². The molecule has 0 heterocycles. The van der Waals surface area contributed by atoms with Crippen molar-refractivity contribution in [2.24, 2.45) is 0 Å². The monoisotopic (exact) mass is 502 g/mol. The van der Waals surface area contributed by atoms with Crippen molar-refractivity contribution in [2.45, 2.75) is 58.7 Å². The van der Waals surface area contributed by atoms with E-state index in [4.69, 9.17) is 46.4 Å². The van der Waals surface area contributed by atoms with Gasteiger partial charge in [-0.2, -0.15) is 0 Å². The molecule has 8 heteroatoms. The zero-order valence-electron chi connectivity index (χ0n) is 17.7. The van der Waals surface area contributed by atoms with Gasteiger partial charge in [-0.15, -0.1) is 0 Å². The predicted octanol–water partition coefficient (Wildman–Crippen LogP) is 6.56. The first-order chi connectivity index (χ1) is 14.7. The van der Waals surface area contributed by atoms with E-state index in [1.165, 1.54) is 0 Å². The van der Waals surface area contributed by atoms with Crippen LogP contribution in [0.1, 0.15) is 44.7 Å². The molecule has 1 N–H and O–H groups in total. The van der Waals surface area contributed by atoms with Gasteiger partial charge in [-0.3, -0.25) is 9.59 Å². The lowest BCUT2D eigenvalue weighted by molar-refractivity contribution is -0.141. The molecule has 0 spiro atoms. The molecular weight excluding hydrogens is 478 g/mol. The molecule has 0 aromatic heterocycles. The summed E-state index contributed by atoms with van der Waals surface area (Å²) in [4.78, 5) is 27.9. The molecule has 2 aromatic rings. The molecule has 0 aliphatic carbocycles. The third-order valence-electron chi connectivity index (χ3n) is 5.11. The Morgan fingerprint density at radius 1 is 0.935 bits per heavy atom. The minimum Gasteiger partial charge on any atom is -0.352 e. The van der Waals surface area contributed by atoms with Gasteiger partial charge in [0.05, 0.1) is 16.5 Å². The number of hydrogen-bond acceptors (Lipinski definition) is 2. The molecule has 31 heavy (non-hydrogen) atoms. The first-order valence-corrected chi connectivity index (χ1v) is 11.7. The Morgan fingerprint density at radius 2 is 1.58 bits per heavy atom. The van der Waals surface area contributed by atoms with E-state index in [0.29, 0.717) is 32.1 Å². The van der Waals surface area contributed by atoms with Gasteiger partial charge in [0.15, 0.2) is 0 Å². The van der Waals surface area contributed by atoms with Crippen LogP contribution in [0.2, 0.25) is 20.1 Å². The Balaban J connectivity index is 2.38. The van der Waals surface area contributed by atoms with Crippen LogP contribution >= 0.6 is 46.4 Å². The molecular formula is C23H26Cl4N2O2. The Hall–Kier alpha value is -1.46. The lowest BCUT2D eigenvalue weighted by Crippen LogP contribution is -2.51. The van der Waals surface area contributed by atoms with Crippen molar-refractivity contribution in [1.29, 1.82) is 0 Å². The predicted molar refractivity (Wildman–Crippen MR) is 129 cm³/mol. The highest BCUT2D eigenvalue weighted by Gasteiger charge is 2.30. The average Bonchev–Trinajstić information content (AvgIpc) is 2.73. The first-order valence-electron chi connectivity index (χ1n) is 10.1. The largest absolute Gasteiger partial charge is 0.352 e. The molecule has 0 fully saturated rings. The second-order valence-corrected chi connectivity index (χ2v) is 9.02. The van der Waals surface area contributed by atoms with Crippen molar-refractivity contribution >= 4 is 58.2 Å². The van der Waals surface area contributed by atoms with Crippen molar-refractivity contribution in [3.8, 4) is 0 Å². The van der Waals surface area contributed by atoms with Gasteiger partial charge in [0.1, 0.15) is 6.04 Å². The fourth-order valence-electron chi connectivity index (χ4n) is 3.15. The van der Waals surface area contributed by atoms with E-state index in [2.05, 4.69) is 5.32 Å². The number of halogens is 4. The maximum Gasteiger partial charge on any atom is 0.243 e. The summed E-state index contributed by atoms with van der Waals surface area (Å²) in [6, 6.07) is 9.60. The van der Waals surface area contributed by atoms with E-state index in [9.17, 15) is 9.59 Å². The van der Waals surface area contributed by atoms with E-state index in [1.54, 1.807) is 41.3 Å². The summed E-state index contributed by atoms with van der Waals surface area (Å²) in [5.74, 6) is -0.456. The molecule has 2 amide bonds. The van der Waals surface area contributed by atoms with Crippen molar-refractivity contribution in [2.75, 3.05) is 0 Å². The number of nitrogens with zero attached hydrogens (tertiary/aromatic N) is 1. The standard InChI is InChI=1S/C23H26Cl4N2O2/c1-4-14(3)28-23(31)21(5-2)29(13-15-9-10-19(26)20(27)11-15)22(30)12-16-17(24)7-6-8-18(16)25/h6-11,14,21H,4-5,12-13H2,1-3H3,(H,28,31)/t14-,21+/m0/s1. The van der Waals surface area contributed by atoms with Crippen LogP contribution in [0, 0.1) is 0 Å². The highest BCUT2D eigenvalue weighted by molar-refractivity contribution is 6.42. The van der Waals surface area contributed by atoms with Crippen LogP contribution in [0.5, 0.6) is 0 Å². The molecule has 0 bridgehead atoms. The molecule has 0 aliphatic rings. The number of amides is 2. The summed E-state index contributed by atoms with van der Waals surface area (Å²) in [6.45, 7) is 5.99. The molecule has 0 saturated carbocycles. The minimum absolute atomic E-state index is 0.00138. The van der Waals surface area contributed by atoms with Gasteiger partial charge in [0.25, 0.3) is 0 Å². The maximum absolute atomic E-state index is 13.4. The zero-order chi connectivity index (χ0) is 23.1. The molecule has 2 aromatic carbocycles. The highest BCUT2D eigenvalue weighted by Crippen LogP contribution is 2.27. The van der Waals surface area contributed by atoms with Gasteiger partial charge >= 0.3 is 0 Å². The summed E-state index contributed by atoms with van der Waals surface area (Å²) in [5, 5.41) is 4.61. The second-order valence-electron chi connectivity index (χ2n) is 7.39. The number of carbonyl (C=O) groups is 2. The van der Waals surface area contributed by atoms with Crippen LogP contribution in [0.25, 0.3) is 0 Å². The zero-order valence-corrected chi connectivity index (χ0v) is 20.7. The Labute approximate surface area is 203 Å². The molecule has 2 atom stereocenters. The summed E-state index contributed by atoms with van der Waals surface area (Å²) < 4.78 is 0. The van der Waals surface area contributed by atoms with Crippen LogP contribution in [-0.2, 0) is 22.6 Å². The van der Waals surface area contributed by atoms with E-state index >= 15 is 0 Å². The number of benzene rings is 2. The third kappa shape index (κ3) is 7.01. The summed E-state index contributed by atoms with van der Waals surface area (Å²) >= 11 is 24.7. The van der Waals surface area contributed by atoms with E-state index in [1.807, 2.05) is 20.8 Å². The fourth-order valence-corrected chi connectivity index (χ4v) is 4.00. The molecule has 2 rings (SSSR count). The SMILES string of the molecule is CC[C@H](C(=O)N[C@@H](C)CC)N(Cc1ccc(Cl)c(Cl)c1)C(=O)Cc1c(Cl)cccc1Cl.